The standard InChI is InChI=1S/C17H21NO4S.C3H6O3/c1-10-18-13-8-14-15(22-17(13)23-10)9-20-16(21-14)7-11-3-5-12(19-2)6-4-11;1-2(4)3(5)6/h3-6,13-17H,7-9H2,1-2H3;2,4H,1H3,(H,5,6). The van der Waals surface area contributed by atoms with Crippen LogP contribution in [0.15, 0.2) is 29.3 Å². The van der Waals surface area contributed by atoms with Gasteiger partial charge in [0.15, 0.2) is 6.29 Å². The smallest absolute Gasteiger partial charge is 0.332 e. The number of carbonyl (C=O) groups is 1. The summed E-state index contributed by atoms with van der Waals surface area (Å²) < 4.78 is 23.3. The van der Waals surface area contributed by atoms with Gasteiger partial charge >= 0.3 is 5.97 Å². The fraction of sp³-hybridized carbons (Fsp3) is 0.600. The Kier molecular flexibility index (Phi) is 7.53. The summed E-state index contributed by atoms with van der Waals surface area (Å²) in [6.07, 6.45) is 0.301. The molecular formula is C20H27NO7S. The number of rotatable bonds is 4. The molecule has 4 rings (SSSR count). The average molecular weight is 426 g/mol. The van der Waals surface area contributed by atoms with Crippen LogP contribution in [0.3, 0.4) is 0 Å². The van der Waals surface area contributed by atoms with E-state index in [1.54, 1.807) is 18.9 Å². The first-order valence-electron chi connectivity index (χ1n) is 9.53. The highest BCUT2D eigenvalue weighted by Gasteiger charge is 2.45. The summed E-state index contributed by atoms with van der Waals surface area (Å²) in [5.41, 5.74) is 1.32. The lowest BCUT2D eigenvalue weighted by Crippen LogP contribution is -2.53. The molecule has 3 aliphatic rings. The summed E-state index contributed by atoms with van der Waals surface area (Å²) in [7, 11) is 1.67. The van der Waals surface area contributed by atoms with E-state index in [-0.39, 0.29) is 30.0 Å². The molecule has 0 saturated carbocycles. The number of hydrogen-bond donors (Lipinski definition) is 2. The predicted octanol–water partition coefficient (Wildman–Crippen LogP) is 2.08. The van der Waals surface area contributed by atoms with Crippen molar-refractivity contribution in [3.05, 3.63) is 29.8 Å². The molecule has 8 nitrogen and oxygen atoms in total. The first-order valence-corrected chi connectivity index (χ1v) is 10.4. The number of methoxy groups -OCH3 is 1. The molecule has 0 aliphatic carbocycles. The van der Waals surface area contributed by atoms with Gasteiger partial charge in [-0.05, 0) is 31.5 Å². The van der Waals surface area contributed by atoms with Crippen molar-refractivity contribution in [1.29, 1.82) is 0 Å². The van der Waals surface area contributed by atoms with E-state index in [2.05, 4.69) is 4.99 Å². The van der Waals surface area contributed by atoms with Crippen molar-refractivity contribution in [3.63, 3.8) is 0 Å². The van der Waals surface area contributed by atoms with Crippen LogP contribution in [0.5, 0.6) is 5.75 Å². The van der Waals surface area contributed by atoms with Crippen molar-refractivity contribution in [1.82, 2.24) is 0 Å². The minimum atomic E-state index is -1.23. The summed E-state index contributed by atoms with van der Waals surface area (Å²) in [5.74, 6) is -0.326. The van der Waals surface area contributed by atoms with Crippen molar-refractivity contribution in [3.8, 4) is 5.75 Å². The number of benzene rings is 1. The first kappa shape index (κ1) is 22.0. The zero-order valence-electron chi connectivity index (χ0n) is 16.7. The van der Waals surface area contributed by atoms with Crippen LogP contribution in [0.25, 0.3) is 0 Å². The summed E-state index contributed by atoms with van der Waals surface area (Å²) >= 11 is 1.72. The third kappa shape index (κ3) is 5.93. The minimum absolute atomic E-state index is 0.0250. The van der Waals surface area contributed by atoms with E-state index in [0.717, 1.165) is 23.6 Å². The second-order valence-corrected chi connectivity index (χ2v) is 8.41. The fourth-order valence-corrected chi connectivity index (χ4v) is 4.35. The SMILES string of the molecule is CC(O)C(=O)O.COc1ccc(CC2OCC3OC4SC(C)=NC4CC3O2)cc1. The molecule has 0 bridgehead atoms. The molecular weight excluding hydrogens is 398 g/mol. The number of hydrogen-bond acceptors (Lipinski definition) is 8. The zero-order chi connectivity index (χ0) is 21.0. The minimum Gasteiger partial charge on any atom is -0.497 e. The van der Waals surface area contributed by atoms with Gasteiger partial charge in [0.2, 0.25) is 0 Å². The van der Waals surface area contributed by atoms with Crippen LogP contribution in [0.4, 0.5) is 0 Å². The summed E-state index contributed by atoms with van der Waals surface area (Å²) in [5, 5.41) is 16.9. The van der Waals surface area contributed by atoms with Crippen molar-refractivity contribution in [2.45, 2.75) is 62.8 Å². The second kappa shape index (κ2) is 9.90. The van der Waals surface area contributed by atoms with Gasteiger partial charge in [-0.2, -0.15) is 0 Å². The molecule has 160 valence electrons. The summed E-state index contributed by atoms with van der Waals surface area (Å²) in [6, 6.07) is 8.24. The maximum atomic E-state index is 9.45. The van der Waals surface area contributed by atoms with Gasteiger partial charge in [0, 0.05) is 12.8 Å². The highest BCUT2D eigenvalue weighted by atomic mass is 32.2. The first-order chi connectivity index (χ1) is 13.9. The molecule has 2 fully saturated rings. The Morgan fingerprint density at radius 2 is 2.00 bits per heavy atom. The molecule has 0 amide bonds. The highest BCUT2D eigenvalue weighted by Crippen LogP contribution is 2.38. The van der Waals surface area contributed by atoms with E-state index >= 15 is 0 Å². The Hall–Kier alpha value is -1.65. The number of carboxylic acids is 1. The number of nitrogens with zero attached hydrogens (tertiary/aromatic N) is 1. The van der Waals surface area contributed by atoms with Gasteiger partial charge in [-0.25, -0.2) is 4.79 Å². The number of aliphatic hydroxyl groups excluding tert-OH is 1. The molecule has 3 aliphatic heterocycles. The predicted molar refractivity (Wildman–Crippen MR) is 108 cm³/mol. The van der Waals surface area contributed by atoms with Crippen molar-refractivity contribution >= 4 is 22.8 Å². The number of carboxylic acid groups (broad SMARTS) is 1. The number of aliphatic imine (C=N–C) groups is 1. The van der Waals surface area contributed by atoms with E-state index in [9.17, 15) is 4.79 Å². The monoisotopic (exact) mass is 425 g/mol. The van der Waals surface area contributed by atoms with Crippen molar-refractivity contribution < 1.29 is 34.0 Å². The molecule has 1 aromatic rings. The zero-order valence-corrected chi connectivity index (χ0v) is 17.5. The van der Waals surface area contributed by atoms with Crippen LogP contribution in [-0.2, 0) is 25.4 Å². The van der Waals surface area contributed by atoms with E-state index in [4.69, 9.17) is 29.2 Å². The lowest BCUT2D eigenvalue weighted by molar-refractivity contribution is -0.277. The summed E-state index contributed by atoms with van der Waals surface area (Å²) in [4.78, 5) is 14.1. The van der Waals surface area contributed by atoms with Crippen LogP contribution in [0.1, 0.15) is 25.8 Å². The Labute approximate surface area is 174 Å². The molecule has 6 unspecified atom stereocenters. The largest absolute Gasteiger partial charge is 0.497 e. The van der Waals surface area contributed by atoms with Gasteiger partial charge < -0.3 is 29.2 Å². The van der Waals surface area contributed by atoms with Crippen LogP contribution >= 0.6 is 11.8 Å². The molecule has 2 N–H and O–H groups in total. The normalized spacial score (nSPS) is 31.4. The molecule has 6 atom stereocenters. The molecule has 1 aromatic carbocycles. The molecule has 3 heterocycles. The van der Waals surface area contributed by atoms with E-state index in [1.165, 1.54) is 12.5 Å². The average Bonchev–Trinajstić information content (AvgIpc) is 3.06. The Morgan fingerprint density at radius 1 is 1.31 bits per heavy atom. The van der Waals surface area contributed by atoms with Crippen molar-refractivity contribution in [2.75, 3.05) is 13.7 Å². The molecule has 9 heteroatoms. The fourth-order valence-electron chi connectivity index (χ4n) is 3.29. The van der Waals surface area contributed by atoms with Gasteiger partial charge in [0.1, 0.15) is 23.4 Å². The molecule has 0 aromatic heterocycles. The van der Waals surface area contributed by atoms with Crippen molar-refractivity contribution in [2.24, 2.45) is 4.99 Å². The van der Waals surface area contributed by atoms with Gasteiger partial charge in [0.25, 0.3) is 0 Å². The molecule has 0 spiro atoms. The number of fused-ring (bicyclic) bond motifs is 2. The van der Waals surface area contributed by atoms with E-state index in [0.29, 0.717) is 6.61 Å². The van der Waals surface area contributed by atoms with Crippen LogP contribution < -0.4 is 4.74 Å². The quantitative estimate of drug-likeness (QED) is 0.755. The number of thioether (sulfide) groups is 1. The maximum Gasteiger partial charge on any atom is 0.332 e. The number of aliphatic carboxylic acids is 1. The highest BCUT2D eigenvalue weighted by molar-refractivity contribution is 8.14. The van der Waals surface area contributed by atoms with Crippen LogP contribution in [-0.4, -0.2) is 71.0 Å². The Bertz CT molecular complexity index is 724. The van der Waals surface area contributed by atoms with E-state index < -0.39 is 12.1 Å². The number of ether oxygens (including phenoxy) is 4. The maximum absolute atomic E-state index is 9.45. The second-order valence-electron chi connectivity index (χ2n) is 7.12. The van der Waals surface area contributed by atoms with Gasteiger partial charge in [-0.1, -0.05) is 23.9 Å². The Balaban J connectivity index is 0.000000353. The molecule has 2 saturated heterocycles. The summed E-state index contributed by atoms with van der Waals surface area (Å²) in [6.45, 7) is 3.83. The number of aliphatic hydroxyl groups is 1. The van der Waals surface area contributed by atoms with E-state index in [1.807, 2.05) is 31.2 Å². The van der Waals surface area contributed by atoms with Gasteiger partial charge in [-0.15, -0.1) is 0 Å². The van der Waals surface area contributed by atoms with Gasteiger partial charge in [0.05, 0.1) is 30.9 Å². The van der Waals surface area contributed by atoms with Gasteiger partial charge in [-0.3, -0.25) is 4.99 Å². The third-order valence-electron chi connectivity index (χ3n) is 4.84. The van der Waals surface area contributed by atoms with Crippen LogP contribution in [0.2, 0.25) is 0 Å². The Morgan fingerprint density at radius 3 is 2.62 bits per heavy atom. The lowest BCUT2D eigenvalue weighted by Gasteiger charge is -2.42. The molecule has 29 heavy (non-hydrogen) atoms. The topological polar surface area (TPSA) is 107 Å². The van der Waals surface area contributed by atoms with Crippen LogP contribution in [0, 0.1) is 0 Å². The third-order valence-corrected chi connectivity index (χ3v) is 5.94. The lowest BCUT2D eigenvalue weighted by atomic mass is 10.0. The molecule has 0 radical (unpaired) electrons.